The molecule has 1 aliphatic carbocycles. The van der Waals surface area contributed by atoms with Crippen molar-refractivity contribution in [2.45, 2.75) is 46.0 Å². The first kappa shape index (κ1) is 14.6. The normalized spacial score (nSPS) is 17.4. The zero-order valence-electron chi connectivity index (χ0n) is 11.8. The van der Waals surface area contributed by atoms with Gasteiger partial charge < -0.3 is 5.32 Å². The number of nitrogens with one attached hydrogen (secondary N) is 1. The number of rotatable bonds is 4. The van der Waals surface area contributed by atoms with E-state index in [4.69, 9.17) is 0 Å². The van der Waals surface area contributed by atoms with E-state index in [-0.39, 0.29) is 5.91 Å². The lowest BCUT2D eigenvalue weighted by Crippen LogP contribution is -2.35. The second-order valence-electron chi connectivity index (χ2n) is 5.71. The summed E-state index contributed by atoms with van der Waals surface area (Å²) in [6.07, 6.45) is 6.27. The number of amides is 1. The van der Waals surface area contributed by atoms with Gasteiger partial charge in [0.2, 0.25) is 0 Å². The predicted molar refractivity (Wildman–Crippen MR) is 82.4 cm³/mol. The first-order chi connectivity index (χ1) is 9.06. The van der Waals surface area contributed by atoms with Crippen LogP contribution in [0.3, 0.4) is 0 Å². The molecule has 2 nitrogen and oxygen atoms in total. The van der Waals surface area contributed by atoms with Crippen LogP contribution in [-0.4, -0.2) is 12.5 Å². The minimum atomic E-state index is 0.0421. The van der Waals surface area contributed by atoms with Gasteiger partial charge in [-0.1, -0.05) is 41.8 Å². The van der Waals surface area contributed by atoms with Crippen LogP contribution in [0.2, 0.25) is 0 Å². The third-order valence-electron chi connectivity index (χ3n) is 4.47. The van der Waals surface area contributed by atoms with E-state index in [0.717, 1.165) is 28.6 Å². The Morgan fingerprint density at radius 3 is 2.63 bits per heavy atom. The molecule has 1 saturated carbocycles. The highest BCUT2D eigenvalue weighted by Gasteiger charge is 2.32. The Kier molecular flexibility index (Phi) is 4.67. The van der Waals surface area contributed by atoms with Crippen molar-refractivity contribution in [1.29, 1.82) is 0 Å². The third-order valence-corrected chi connectivity index (χ3v) is 5.33. The van der Waals surface area contributed by atoms with Gasteiger partial charge in [-0.25, -0.2) is 0 Å². The molecular weight excluding hydrogens is 302 g/mol. The molecule has 1 aromatic rings. The number of hydrogen-bond donors (Lipinski definition) is 1. The summed E-state index contributed by atoms with van der Waals surface area (Å²) in [4.78, 5) is 12.2. The molecule has 19 heavy (non-hydrogen) atoms. The van der Waals surface area contributed by atoms with Crippen molar-refractivity contribution in [1.82, 2.24) is 5.32 Å². The standard InChI is InChI=1S/C16H22BrNO/c1-3-16(8-4-5-9-16)11-18-15(19)13-7-6-12(2)14(17)10-13/h6-7,10H,3-5,8-9,11H2,1-2H3,(H,18,19). The van der Waals surface area contributed by atoms with Crippen molar-refractivity contribution >= 4 is 21.8 Å². The van der Waals surface area contributed by atoms with Gasteiger partial charge in [-0.05, 0) is 49.3 Å². The zero-order chi connectivity index (χ0) is 13.9. The molecule has 3 heteroatoms. The molecule has 0 aliphatic heterocycles. The summed E-state index contributed by atoms with van der Waals surface area (Å²) < 4.78 is 0.992. The summed E-state index contributed by atoms with van der Waals surface area (Å²) in [6, 6.07) is 5.77. The Balaban J connectivity index is 1.99. The van der Waals surface area contributed by atoms with Gasteiger partial charge in [-0.3, -0.25) is 4.79 Å². The number of hydrogen-bond acceptors (Lipinski definition) is 1. The Bertz CT molecular complexity index is 464. The van der Waals surface area contributed by atoms with Crippen molar-refractivity contribution in [2.24, 2.45) is 5.41 Å². The first-order valence-electron chi connectivity index (χ1n) is 7.11. The van der Waals surface area contributed by atoms with Gasteiger partial charge >= 0.3 is 0 Å². The molecule has 0 aromatic heterocycles. The van der Waals surface area contributed by atoms with Crippen molar-refractivity contribution in [2.75, 3.05) is 6.54 Å². The van der Waals surface area contributed by atoms with Crippen molar-refractivity contribution in [3.8, 4) is 0 Å². The van der Waals surface area contributed by atoms with Crippen LogP contribution in [0.15, 0.2) is 22.7 Å². The minimum absolute atomic E-state index is 0.0421. The number of aryl methyl sites for hydroxylation is 1. The van der Waals surface area contributed by atoms with Crippen LogP contribution in [0.1, 0.15) is 54.9 Å². The van der Waals surface area contributed by atoms with Crippen molar-refractivity contribution in [3.63, 3.8) is 0 Å². The average molecular weight is 324 g/mol. The first-order valence-corrected chi connectivity index (χ1v) is 7.90. The Hall–Kier alpha value is -0.830. The molecule has 0 bridgehead atoms. The van der Waals surface area contributed by atoms with Crippen LogP contribution < -0.4 is 5.32 Å². The summed E-state index contributed by atoms with van der Waals surface area (Å²) in [5, 5.41) is 3.12. The molecule has 0 heterocycles. The second kappa shape index (κ2) is 6.08. The molecule has 0 atom stereocenters. The number of halogens is 1. The van der Waals surface area contributed by atoms with Gasteiger partial charge in [0.05, 0.1) is 0 Å². The van der Waals surface area contributed by atoms with Gasteiger partial charge in [0.25, 0.3) is 5.91 Å². The van der Waals surface area contributed by atoms with Crippen LogP contribution in [0.25, 0.3) is 0 Å². The monoisotopic (exact) mass is 323 g/mol. The summed E-state index contributed by atoms with van der Waals surface area (Å²) in [5.74, 6) is 0.0421. The van der Waals surface area contributed by atoms with E-state index in [0.29, 0.717) is 5.41 Å². The average Bonchev–Trinajstić information content (AvgIpc) is 2.89. The van der Waals surface area contributed by atoms with Crippen molar-refractivity contribution in [3.05, 3.63) is 33.8 Å². The van der Waals surface area contributed by atoms with Gasteiger partial charge in [-0.15, -0.1) is 0 Å². The molecule has 2 rings (SSSR count). The summed E-state index contributed by atoms with van der Waals surface area (Å²) in [5.41, 5.74) is 2.23. The Morgan fingerprint density at radius 2 is 2.05 bits per heavy atom. The quantitative estimate of drug-likeness (QED) is 0.870. The third kappa shape index (κ3) is 3.38. The summed E-state index contributed by atoms with van der Waals surface area (Å²) in [7, 11) is 0. The summed E-state index contributed by atoms with van der Waals surface area (Å²) >= 11 is 3.48. The summed E-state index contributed by atoms with van der Waals surface area (Å²) in [6.45, 7) is 5.07. The van der Waals surface area contributed by atoms with E-state index in [1.54, 1.807) is 0 Å². The predicted octanol–water partition coefficient (Wildman–Crippen LogP) is 4.46. The highest BCUT2D eigenvalue weighted by Crippen LogP contribution is 2.40. The number of carbonyl (C=O) groups is 1. The second-order valence-corrected chi connectivity index (χ2v) is 6.56. The smallest absolute Gasteiger partial charge is 0.251 e. The van der Waals surface area contributed by atoms with E-state index in [1.807, 2.05) is 25.1 Å². The molecule has 1 aliphatic rings. The Labute approximate surface area is 124 Å². The lowest BCUT2D eigenvalue weighted by molar-refractivity contribution is 0.0928. The lowest BCUT2D eigenvalue weighted by Gasteiger charge is -2.27. The molecule has 0 unspecified atom stereocenters. The SMILES string of the molecule is CCC1(CNC(=O)c2ccc(C)c(Br)c2)CCCC1. The van der Waals surface area contributed by atoms with Crippen LogP contribution in [-0.2, 0) is 0 Å². The van der Waals surface area contributed by atoms with Gasteiger partial charge in [0.15, 0.2) is 0 Å². The fourth-order valence-corrected chi connectivity index (χ4v) is 3.26. The molecule has 0 saturated heterocycles. The number of benzene rings is 1. The van der Waals surface area contributed by atoms with Gasteiger partial charge in [-0.2, -0.15) is 0 Å². The maximum atomic E-state index is 12.2. The van der Waals surface area contributed by atoms with E-state index in [9.17, 15) is 4.79 Å². The molecule has 1 amide bonds. The molecule has 104 valence electrons. The molecule has 1 fully saturated rings. The van der Waals surface area contributed by atoms with Crippen molar-refractivity contribution < 1.29 is 4.79 Å². The molecule has 0 radical (unpaired) electrons. The molecular formula is C16H22BrNO. The molecule has 0 spiro atoms. The van der Waals surface area contributed by atoms with E-state index in [1.165, 1.54) is 25.7 Å². The van der Waals surface area contributed by atoms with E-state index < -0.39 is 0 Å². The topological polar surface area (TPSA) is 29.1 Å². The fourth-order valence-electron chi connectivity index (χ4n) is 2.88. The van der Waals surface area contributed by atoms with Gasteiger partial charge in [0, 0.05) is 16.6 Å². The van der Waals surface area contributed by atoms with Gasteiger partial charge in [0.1, 0.15) is 0 Å². The lowest BCUT2D eigenvalue weighted by atomic mass is 9.83. The fraction of sp³-hybridized carbons (Fsp3) is 0.562. The minimum Gasteiger partial charge on any atom is -0.351 e. The van der Waals surface area contributed by atoms with Crippen LogP contribution in [0, 0.1) is 12.3 Å². The largest absolute Gasteiger partial charge is 0.351 e. The van der Waals surface area contributed by atoms with E-state index >= 15 is 0 Å². The highest BCUT2D eigenvalue weighted by atomic mass is 79.9. The molecule has 1 aromatic carbocycles. The maximum Gasteiger partial charge on any atom is 0.251 e. The van der Waals surface area contributed by atoms with E-state index in [2.05, 4.69) is 28.2 Å². The van der Waals surface area contributed by atoms with Crippen LogP contribution in [0.4, 0.5) is 0 Å². The zero-order valence-corrected chi connectivity index (χ0v) is 13.3. The number of carbonyl (C=O) groups excluding carboxylic acids is 1. The highest BCUT2D eigenvalue weighted by molar-refractivity contribution is 9.10. The van der Waals surface area contributed by atoms with Crippen LogP contribution in [0.5, 0.6) is 0 Å². The maximum absolute atomic E-state index is 12.2. The van der Waals surface area contributed by atoms with Crippen LogP contribution >= 0.6 is 15.9 Å². The molecule has 1 N–H and O–H groups in total. The Morgan fingerprint density at radius 1 is 1.37 bits per heavy atom.